The number of nitrogens with one attached hydrogen (secondary N) is 1. The van der Waals surface area contributed by atoms with Crippen molar-refractivity contribution in [3.05, 3.63) is 59.7 Å². The highest BCUT2D eigenvalue weighted by Crippen LogP contribution is 2.44. The summed E-state index contributed by atoms with van der Waals surface area (Å²) >= 11 is 0. The molecule has 0 heterocycles. The van der Waals surface area contributed by atoms with Crippen molar-refractivity contribution in [3.8, 4) is 11.1 Å². The second-order valence-corrected chi connectivity index (χ2v) is 16.2. The minimum absolute atomic E-state index is 0.0867. The Hall–Kier alpha value is -4.85. The van der Waals surface area contributed by atoms with E-state index in [4.69, 9.17) is 56.8 Å². The van der Waals surface area contributed by atoms with Gasteiger partial charge in [-0.15, -0.1) is 0 Å². The number of ether oxygens (including phenoxy) is 12. The van der Waals surface area contributed by atoms with Crippen LogP contribution in [0.1, 0.15) is 29.9 Å². The normalized spacial score (nSPS) is 12.3. The van der Waals surface area contributed by atoms with E-state index in [1.165, 1.54) is 9.80 Å². The van der Waals surface area contributed by atoms with Crippen LogP contribution in [0.2, 0.25) is 0 Å². The zero-order valence-corrected chi connectivity index (χ0v) is 42.6. The average molecular weight is 1020 g/mol. The average Bonchev–Trinajstić information content (AvgIpc) is 3.70. The van der Waals surface area contributed by atoms with E-state index >= 15 is 0 Å². The number of carboxylic acids is 1. The smallest absolute Gasteiger partial charge is 0.407 e. The lowest BCUT2D eigenvalue weighted by atomic mass is 9.98. The first kappa shape index (κ1) is 61.4. The van der Waals surface area contributed by atoms with Gasteiger partial charge in [0.25, 0.3) is 0 Å². The van der Waals surface area contributed by atoms with Gasteiger partial charge in [0.05, 0.1) is 119 Å². The van der Waals surface area contributed by atoms with Gasteiger partial charge in [0.1, 0.15) is 25.7 Å². The maximum atomic E-state index is 14.3. The molecule has 3 rings (SSSR count). The molecular weight excluding hydrogens is 945 g/mol. The van der Waals surface area contributed by atoms with E-state index in [1.807, 2.05) is 48.5 Å². The first-order valence-electron chi connectivity index (χ1n) is 24.3. The van der Waals surface area contributed by atoms with Crippen LogP contribution in [-0.2, 0) is 76.0 Å². The molecule has 406 valence electrons. The van der Waals surface area contributed by atoms with Crippen molar-refractivity contribution in [1.29, 1.82) is 0 Å². The van der Waals surface area contributed by atoms with Crippen molar-refractivity contribution in [1.82, 2.24) is 20.0 Å². The Bertz CT molecular complexity index is 1760. The molecule has 0 aromatic heterocycles. The summed E-state index contributed by atoms with van der Waals surface area (Å²) < 4.78 is 64.9. The highest BCUT2D eigenvalue weighted by atomic mass is 16.6. The van der Waals surface area contributed by atoms with E-state index < -0.39 is 55.3 Å². The molecule has 72 heavy (non-hydrogen) atoms. The van der Waals surface area contributed by atoms with Gasteiger partial charge in [-0.05, 0) is 28.7 Å². The maximum absolute atomic E-state index is 14.3. The first-order valence-corrected chi connectivity index (χ1v) is 24.3. The lowest BCUT2D eigenvalue weighted by Crippen LogP contribution is -2.51. The van der Waals surface area contributed by atoms with Crippen LogP contribution in [0.5, 0.6) is 0 Å². The van der Waals surface area contributed by atoms with E-state index in [9.17, 15) is 29.1 Å². The van der Waals surface area contributed by atoms with Gasteiger partial charge < -0.3 is 82.0 Å². The summed E-state index contributed by atoms with van der Waals surface area (Å²) in [5, 5.41) is 12.6. The van der Waals surface area contributed by atoms with E-state index in [1.54, 1.807) is 28.4 Å². The largest absolute Gasteiger partial charge is 0.480 e. The molecule has 2 N–H and O–H groups in total. The standard InChI is InChI=1S/C50H78N4O18/c1-61-22-26-65-18-9-14-52(15-19-66-30-33-69-27-23-62-2)47(56)37-54(38-48(57)53(16-20-67-31-34-70-28-24-63-3)17-21-68-32-35-71-29-25-64-4)46(55)36-45(49(58)59)51-50(60)72-39-44-42-12-7-5-10-40(42)41-11-6-8-13-43(41)44/h5-8,10-13,44-45H,9,14-39H2,1-4H3,(H,51,60)(H,58,59)/t45-/m0/s1. The summed E-state index contributed by atoms with van der Waals surface area (Å²) in [4.78, 5) is 72.7. The number of aliphatic carboxylic acids is 1. The molecule has 1 aliphatic rings. The minimum atomic E-state index is -1.78. The molecule has 0 saturated carbocycles. The quantitative estimate of drug-likeness (QED) is 0.0902. The zero-order chi connectivity index (χ0) is 52.0. The Balaban J connectivity index is 1.80. The Morgan fingerprint density at radius 1 is 0.486 bits per heavy atom. The summed E-state index contributed by atoms with van der Waals surface area (Å²) in [6.07, 6.45) is -1.44. The zero-order valence-electron chi connectivity index (χ0n) is 42.6. The second kappa shape index (κ2) is 38.7. The van der Waals surface area contributed by atoms with Crippen LogP contribution in [0, 0.1) is 0 Å². The van der Waals surface area contributed by atoms with Crippen LogP contribution in [0.4, 0.5) is 4.79 Å². The van der Waals surface area contributed by atoms with E-state index in [-0.39, 0.29) is 78.3 Å². The summed E-state index contributed by atoms with van der Waals surface area (Å²) in [7, 11) is 6.28. The van der Waals surface area contributed by atoms with Crippen LogP contribution in [0.3, 0.4) is 0 Å². The van der Waals surface area contributed by atoms with Crippen LogP contribution in [-0.4, -0.2) is 249 Å². The van der Waals surface area contributed by atoms with Gasteiger partial charge in [-0.1, -0.05) is 48.5 Å². The number of hydrogen-bond donors (Lipinski definition) is 2. The first-order chi connectivity index (χ1) is 35.1. The summed E-state index contributed by atoms with van der Waals surface area (Å²) in [5.41, 5.74) is 3.93. The highest BCUT2D eigenvalue weighted by molar-refractivity contribution is 5.92. The molecule has 22 nitrogen and oxygen atoms in total. The molecule has 0 radical (unpaired) electrons. The van der Waals surface area contributed by atoms with E-state index in [2.05, 4.69) is 5.32 Å². The third kappa shape index (κ3) is 24.7. The Morgan fingerprint density at radius 2 is 0.861 bits per heavy atom. The fourth-order valence-corrected chi connectivity index (χ4v) is 7.29. The predicted molar refractivity (Wildman–Crippen MR) is 262 cm³/mol. The van der Waals surface area contributed by atoms with Gasteiger partial charge >= 0.3 is 12.1 Å². The molecule has 4 amide bonds. The summed E-state index contributed by atoms with van der Waals surface area (Å²) in [6, 6.07) is 13.7. The van der Waals surface area contributed by atoms with E-state index in [0.717, 1.165) is 27.2 Å². The molecule has 0 spiro atoms. The number of benzene rings is 2. The van der Waals surface area contributed by atoms with Crippen LogP contribution in [0.25, 0.3) is 11.1 Å². The summed E-state index contributed by atoms with van der Waals surface area (Å²) in [5.74, 6) is -3.82. The van der Waals surface area contributed by atoms with Gasteiger partial charge in [-0.2, -0.15) is 0 Å². The topological polar surface area (TPSA) is 238 Å². The third-order valence-corrected chi connectivity index (χ3v) is 11.1. The Labute approximate surface area is 423 Å². The molecule has 1 atom stereocenters. The highest BCUT2D eigenvalue weighted by Gasteiger charge is 2.33. The fourth-order valence-electron chi connectivity index (χ4n) is 7.29. The van der Waals surface area contributed by atoms with E-state index in [0.29, 0.717) is 85.7 Å². The minimum Gasteiger partial charge on any atom is -0.480 e. The Kier molecular flexibility index (Phi) is 33.1. The molecule has 0 bridgehead atoms. The number of carbonyl (C=O) groups excluding carboxylic acids is 4. The lowest BCUT2D eigenvalue weighted by Gasteiger charge is -2.30. The molecule has 0 fully saturated rings. The van der Waals surface area contributed by atoms with Crippen LogP contribution in [0.15, 0.2) is 48.5 Å². The SMILES string of the molecule is COCCOCCCN(CCOCCOCCOC)C(=O)CN(CC(=O)N(CCOCCOCCOC)CCOCCOCCOC)C(=O)C[C@H](NC(=O)OCC1c2ccccc2-c2ccccc21)C(=O)O. The third-order valence-electron chi connectivity index (χ3n) is 11.1. The molecule has 0 saturated heterocycles. The van der Waals surface area contributed by atoms with Crippen molar-refractivity contribution in [2.24, 2.45) is 0 Å². The van der Waals surface area contributed by atoms with Crippen molar-refractivity contribution >= 4 is 29.8 Å². The van der Waals surface area contributed by atoms with Gasteiger partial charge in [0.15, 0.2) is 0 Å². The van der Waals surface area contributed by atoms with Crippen LogP contribution >= 0.6 is 0 Å². The molecule has 2 aromatic rings. The molecular formula is C50H78N4O18. The number of rotatable bonds is 44. The van der Waals surface area contributed by atoms with Gasteiger partial charge in [0.2, 0.25) is 17.7 Å². The monoisotopic (exact) mass is 1020 g/mol. The predicted octanol–water partition coefficient (Wildman–Crippen LogP) is 1.95. The number of carboxylic acid groups (broad SMARTS) is 1. The van der Waals surface area contributed by atoms with Crippen molar-refractivity contribution in [3.63, 3.8) is 0 Å². The molecule has 22 heteroatoms. The lowest BCUT2D eigenvalue weighted by molar-refractivity contribution is -0.148. The van der Waals surface area contributed by atoms with Crippen molar-refractivity contribution < 1.29 is 85.9 Å². The van der Waals surface area contributed by atoms with Crippen LogP contribution < -0.4 is 5.32 Å². The van der Waals surface area contributed by atoms with Crippen molar-refractivity contribution in [2.75, 3.05) is 193 Å². The van der Waals surface area contributed by atoms with Crippen molar-refractivity contribution in [2.45, 2.75) is 24.8 Å². The van der Waals surface area contributed by atoms with Gasteiger partial charge in [-0.25, -0.2) is 9.59 Å². The number of fused-ring (bicyclic) bond motifs is 3. The summed E-state index contributed by atoms with van der Waals surface area (Å²) in [6.45, 7) is 4.67. The molecule has 1 aliphatic carbocycles. The molecule has 2 aromatic carbocycles. The molecule has 0 aliphatic heterocycles. The number of nitrogens with zero attached hydrogens (tertiary/aromatic N) is 3. The number of methoxy groups -OCH3 is 4. The number of carbonyl (C=O) groups is 5. The Morgan fingerprint density at radius 3 is 1.28 bits per heavy atom. The van der Waals surface area contributed by atoms with Gasteiger partial charge in [0, 0.05) is 67.1 Å². The molecule has 0 unspecified atom stereocenters. The second-order valence-electron chi connectivity index (χ2n) is 16.2. The fraction of sp³-hybridized carbons (Fsp3) is 0.660. The van der Waals surface area contributed by atoms with Gasteiger partial charge in [-0.3, -0.25) is 14.4 Å². The number of hydrogen-bond acceptors (Lipinski definition) is 17. The maximum Gasteiger partial charge on any atom is 0.407 e. The number of amides is 4. The number of alkyl carbamates (subject to hydrolysis) is 1.